The molecule has 1 aromatic rings. The van der Waals surface area contributed by atoms with Gasteiger partial charge in [-0.3, -0.25) is 0 Å². The minimum atomic E-state index is -0.589. The summed E-state index contributed by atoms with van der Waals surface area (Å²) in [7, 11) is 0. The lowest BCUT2D eigenvalue weighted by atomic mass is 10.2. The molecule has 1 saturated heterocycles. The number of nitrogens with zero attached hydrogens (tertiary/aromatic N) is 2. The van der Waals surface area contributed by atoms with Crippen molar-refractivity contribution in [1.29, 1.82) is 0 Å². The number of ether oxygens (including phenoxy) is 2. The average molecular weight is 212 g/mol. The zero-order valence-corrected chi connectivity index (χ0v) is 8.43. The molecule has 0 aliphatic carbocycles. The van der Waals surface area contributed by atoms with Crippen LogP contribution in [0.5, 0.6) is 0 Å². The van der Waals surface area contributed by atoms with Crippen LogP contribution in [0, 0.1) is 0 Å². The molecule has 1 aromatic heterocycles. The average Bonchev–Trinajstić information content (AvgIpc) is 2.89. The second-order valence-electron chi connectivity index (χ2n) is 3.18. The Bertz CT molecular complexity index is 344. The van der Waals surface area contributed by atoms with Gasteiger partial charge in [0.2, 0.25) is 5.82 Å². The van der Waals surface area contributed by atoms with E-state index in [1.165, 1.54) is 0 Å². The van der Waals surface area contributed by atoms with E-state index in [0.717, 1.165) is 12.8 Å². The summed E-state index contributed by atoms with van der Waals surface area (Å²) >= 11 is 0. The standard InChI is InChI=1S/C9H12N2O4/c1-2-13-9(12)8-10-7(11-15-8)6-4-3-5-14-6/h6H,2-5H2,1H3. The number of hydrogen-bond donors (Lipinski definition) is 0. The monoisotopic (exact) mass is 212 g/mol. The molecule has 6 nitrogen and oxygen atoms in total. The van der Waals surface area contributed by atoms with Crippen molar-refractivity contribution in [2.75, 3.05) is 13.2 Å². The summed E-state index contributed by atoms with van der Waals surface area (Å²) in [6, 6.07) is 0. The van der Waals surface area contributed by atoms with E-state index in [1.54, 1.807) is 6.92 Å². The smallest absolute Gasteiger partial charge is 0.397 e. The third kappa shape index (κ3) is 2.15. The summed E-state index contributed by atoms with van der Waals surface area (Å²) < 4.78 is 14.9. The van der Waals surface area contributed by atoms with Gasteiger partial charge in [-0.05, 0) is 19.8 Å². The maximum atomic E-state index is 11.2. The molecule has 0 N–H and O–H groups in total. The first-order valence-corrected chi connectivity index (χ1v) is 4.93. The van der Waals surface area contributed by atoms with Gasteiger partial charge >= 0.3 is 11.9 Å². The Hall–Kier alpha value is -1.43. The molecule has 82 valence electrons. The van der Waals surface area contributed by atoms with Crippen LogP contribution in [0.15, 0.2) is 4.52 Å². The Morgan fingerprint density at radius 1 is 1.67 bits per heavy atom. The molecule has 1 fully saturated rings. The van der Waals surface area contributed by atoms with Crippen molar-refractivity contribution in [2.24, 2.45) is 0 Å². The third-order valence-corrected chi connectivity index (χ3v) is 2.11. The molecule has 0 radical (unpaired) electrons. The van der Waals surface area contributed by atoms with E-state index in [1.807, 2.05) is 0 Å². The van der Waals surface area contributed by atoms with Crippen molar-refractivity contribution >= 4 is 5.97 Å². The molecule has 0 amide bonds. The minimum absolute atomic E-state index is 0.109. The van der Waals surface area contributed by atoms with Gasteiger partial charge in [0.1, 0.15) is 6.10 Å². The van der Waals surface area contributed by atoms with E-state index in [4.69, 9.17) is 14.0 Å². The normalized spacial score (nSPS) is 20.5. The van der Waals surface area contributed by atoms with Crippen molar-refractivity contribution in [3.05, 3.63) is 11.7 Å². The fourth-order valence-electron chi connectivity index (χ4n) is 1.42. The number of aromatic nitrogens is 2. The van der Waals surface area contributed by atoms with Crippen LogP contribution >= 0.6 is 0 Å². The summed E-state index contributed by atoms with van der Waals surface area (Å²) in [6.07, 6.45) is 1.70. The van der Waals surface area contributed by atoms with Gasteiger partial charge in [-0.15, -0.1) is 0 Å². The first-order chi connectivity index (χ1) is 7.31. The van der Waals surface area contributed by atoms with Crippen LogP contribution in [0.4, 0.5) is 0 Å². The molecule has 1 aliphatic heterocycles. The molecular weight excluding hydrogens is 200 g/mol. The molecule has 1 aliphatic rings. The van der Waals surface area contributed by atoms with Crippen LogP contribution in [0.3, 0.4) is 0 Å². The van der Waals surface area contributed by atoms with Crippen LogP contribution < -0.4 is 0 Å². The summed E-state index contributed by atoms with van der Waals surface area (Å²) in [6.45, 7) is 2.71. The molecular formula is C9H12N2O4. The van der Waals surface area contributed by atoms with Gasteiger partial charge in [0, 0.05) is 6.61 Å². The largest absolute Gasteiger partial charge is 0.459 e. The second kappa shape index (κ2) is 4.39. The van der Waals surface area contributed by atoms with Crippen LogP contribution in [-0.4, -0.2) is 29.3 Å². The Balaban J connectivity index is 2.06. The van der Waals surface area contributed by atoms with Gasteiger partial charge in [0.25, 0.3) is 0 Å². The lowest BCUT2D eigenvalue weighted by Crippen LogP contribution is -2.05. The zero-order chi connectivity index (χ0) is 10.7. The lowest BCUT2D eigenvalue weighted by Gasteiger charge is -2.00. The summed E-state index contributed by atoms with van der Waals surface area (Å²) in [5, 5.41) is 3.69. The van der Waals surface area contributed by atoms with Crippen molar-refractivity contribution < 1.29 is 18.8 Å². The van der Waals surface area contributed by atoms with Gasteiger partial charge in [-0.1, -0.05) is 5.16 Å². The SMILES string of the molecule is CCOC(=O)c1nc(C2CCCO2)no1. The molecule has 0 aromatic carbocycles. The van der Waals surface area contributed by atoms with Crippen LogP contribution in [0.2, 0.25) is 0 Å². The third-order valence-electron chi connectivity index (χ3n) is 2.11. The summed E-state index contributed by atoms with van der Waals surface area (Å²) in [5.41, 5.74) is 0. The number of esters is 1. The van der Waals surface area contributed by atoms with E-state index in [-0.39, 0.29) is 18.6 Å². The van der Waals surface area contributed by atoms with Gasteiger partial charge in [0.05, 0.1) is 6.61 Å². The summed E-state index contributed by atoms with van der Waals surface area (Å²) in [5.74, 6) is -0.271. The molecule has 6 heteroatoms. The van der Waals surface area contributed by atoms with E-state index in [2.05, 4.69) is 10.1 Å². The highest BCUT2D eigenvalue weighted by atomic mass is 16.6. The maximum absolute atomic E-state index is 11.2. The minimum Gasteiger partial charge on any atom is -0.459 e. The Labute approximate surface area is 86.6 Å². The zero-order valence-electron chi connectivity index (χ0n) is 8.43. The van der Waals surface area contributed by atoms with Gasteiger partial charge in [0.15, 0.2) is 0 Å². The number of carbonyl (C=O) groups excluding carboxylic acids is 1. The molecule has 1 unspecified atom stereocenters. The maximum Gasteiger partial charge on any atom is 0.397 e. The fourth-order valence-corrected chi connectivity index (χ4v) is 1.42. The van der Waals surface area contributed by atoms with Crippen LogP contribution in [-0.2, 0) is 9.47 Å². The Morgan fingerprint density at radius 3 is 3.20 bits per heavy atom. The lowest BCUT2D eigenvalue weighted by molar-refractivity contribution is 0.0470. The molecule has 0 spiro atoms. The van der Waals surface area contributed by atoms with Crippen molar-refractivity contribution in [2.45, 2.75) is 25.9 Å². The molecule has 2 heterocycles. The van der Waals surface area contributed by atoms with E-state index in [0.29, 0.717) is 12.4 Å². The van der Waals surface area contributed by atoms with E-state index in [9.17, 15) is 4.79 Å². The van der Waals surface area contributed by atoms with E-state index >= 15 is 0 Å². The quantitative estimate of drug-likeness (QED) is 0.698. The topological polar surface area (TPSA) is 74.5 Å². The predicted octanol–water partition coefficient (Wildman–Crippen LogP) is 1.10. The highest BCUT2D eigenvalue weighted by Gasteiger charge is 2.25. The Morgan fingerprint density at radius 2 is 2.53 bits per heavy atom. The van der Waals surface area contributed by atoms with Gasteiger partial charge in [-0.2, -0.15) is 4.98 Å². The van der Waals surface area contributed by atoms with Crippen LogP contribution in [0.25, 0.3) is 0 Å². The number of hydrogen-bond acceptors (Lipinski definition) is 6. The highest BCUT2D eigenvalue weighted by molar-refractivity contribution is 5.83. The molecule has 2 rings (SSSR count). The van der Waals surface area contributed by atoms with Gasteiger partial charge in [-0.25, -0.2) is 4.79 Å². The second-order valence-corrected chi connectivity index (χ2v) is 3.18. The number of rotatable bonds is 3. The number of carbonyl (C=O) groups is 1. The molecule has 15 heavy (non-hydrogen) atoms. The van der Waals surface area contributed by atoms with Crippen LogP contribution in [0.1, 0.15) is 42.4 Å². The highest BCUT2D eigenvalue weighted by Crippen LogP contribution is 2.25. The summed E-state index contributed by atoms with van der Waals surface area (Å²) in [4.78, 5) is 15.1. The molecule has 1 atom stereocenters. The molecule has 0 saturated carbocycles. The first kappa shape index (κ1) is 10.1. The first-order valence-electron chi connectivity index (χ1n) is 4.93. The fraction of sp³-hybridized carbons (Fsp3) is 0.667. The molecule has 0 bridgehead atoms. The predicted molar refractivity (Wildman–Crippen MR) is 48.2 cm³/mol. The Kier molecular flexibility index (Phi) is 2.96. The van der Waals surface area contributed by atoms with E-state index < -0.39 is 5.97 Å². The van der Waals surface area contributed by atoms with Crippen molar-refractivity contribution in [1.82, 2.24) is 10.1 Å². The van der Waals surface area contributed by atoms with Gasteiger partial charge < -0.3 is 14.0 Å². The van der Waals surface area contributed by atoms with Crippen molar-refractivity contribution in [3.8, 4) is 0 Å². The van der Waals surface area contributed by atoms with Crippen molar-refractivity contribution in [3.63, 3.8) is 0 Å².